The van der Waals surface area contributed by atoms with E-state index < -0.39 is 0 Å². The minimum absolute atomic E-state index is 0.0000252. The highest BCUT2D eigenvalue weighted by atomic mass is 32.2. The lowest BCUT2D eigenvalue weighted by molar-refractivity contribution is -0.122. The number of aliphatic imine (C=N–C) groups is 1. The van der Waals surface area contributed by atoms with E-state index in [9.17, 15) is 4.79 Å². The molecule has 0 bridgehead atoms. The number of amidine groups is 1. The lowest BCUT2D eigenvalue weighted by Gasteiger charge is -2.12. The zero-order valence-electron chi connectivity index (χ0n) is 16.4. The standard InChI is InChI=1S/C22H24N2O2S/c1-6-24-21(25)20(13-17-9-10-19(26-5)16(4)12-17)27-22(24)23-18-11-14(2)7-8-15(18)3/h7-13H,6H2,1-5H3/b20-13+,23-22?. The summed E-state index contributed by atoms with van der Waals surface area (Å²) in [6.45, 7) is 8.64. The van der Waals surface area contributed by atoms with Gasteiger partial charge in [0.1, 0.15) is 5.75 Å². The first-order valence-electron chi connectivity index (χ1n) is 8.95. The van der Waals surface area contributed by atoms with E-state index in [1.807, 2.05) is 52.0 Å². The van der Waals surface area contributed by atoms with Gasteiger partial charge in [-0.2, -0.15) is 0 Å². The van der Waals surface area contributed by atoms with Crippen LogP contribution in [-0.2, 0) is 4.79 Å². The van der Waals surface area contributed by atoms with Gasteiger partial charge in [0.2, 0.25) is 0 Å². The normalized spacial score (nSPS) is 17.2. The lowest BCUT2D eigenvalue weighted by atomic mass is 10.1. The van der Waals surface area contributed by atoms with Gasteiger partial charge in [-0.1, -0.05) is 18.2 Å². The molecule has 1 aliphatic heterocycles. The molecule has 1 heterocycles. The van der Waals surface area contributed by atoms with Crippen LogP contribution in [0.1, 0.15) is 29.2 Å². The number of hydrogen-bond acceptors (Lipinski definition) is 4. The molecule has 0 atom stereocenters. The van der Waals surface area contributed by atoms with E-state index in [0.29, 0.717) is 11.4 Å². The second-order valence-electron chi connectivity index (χ2n) is 6.57. The second kappa shape index (κ2) is 8.01. The van der Waals surface area contributed by atoms with Gasteiger partial charge in [0, 0.05) is 6.54 Å². The van der Waals surface area contributed by atoms with E-state index in [-0.39, 0.29) is 5.91 Å². The van der Waals surface area contributed by atoms with Crippen LogP contribution in [0.5, 0.6) is 5.75 Å². The van der Waals surface area contributed by atoms with E-state index in [1.165, 1.54) is 11.8 Å². The van der Waals surface area contributed by atoms with Crippen LogP contribution in [0.3, 0.4) is 0 Å². The number of carbonyl (C=O) groups excluding carboxylic acids is 1. The summed E-state index contributed by atoms with van der Waals surface area (Å²) < 4.78 is 5.31. The van der Waals surface area contributed by atoms with E-state index >= 15 is 0 Å². The molecule has 1 amide bonds. The van der Waals surface area contributed by atoms with Crippen molar-refractivity contribution in [3.8, 4) is 5.75 Å². The number of ether oxygens (including phenoxy) is 1. The Morgan fingerprint density at radius 1 is 1.11 bits per heavy atom. The molecule has 0 radical (unpaired) electrons. The van der Waals surface area contributed by atoms with Gasteiger partial charge in [0.25, 0.3) is 5.91 Å². The quantitative estimate of drug-likeness (QED) is 0.681. The third-order valence-corrected chi connectivity index (χ3v) is 5.51. The molecule has 27 heavy (non-hydrogen) atoms. The molecule has 1 fully saturated rings. The molecule has 0 saturated carbocycles. The number of methoxy groups -OCH3 is 1. The molecule has 5 heteroatoms. The van der Waals surface area contributed by atoms with E-state index in [4.69, 9.17) is 9.73 Å². The molecular formula is C22H24N2O2S. The highest BCUT2D eigenvalue weighted by molar-refractivity contribution is 8.18. The van der Waals surface area contributed by atoms with Crippen LogP contribution in [0.4, 0.5) is 5.69 Å². The minimum atomic E-state index is 0.0000252. The fourth-order valence-corrected chi connectivity index (χ4v) is 4.01. The molecule has 1 aliphatic rings. The van der Waals surface area contributed by atoms with Gasteiger partial charge >= 0.3 is 0 Å². The molecule has 4 nitrogen and oxygen atoms in total. The first-order valence-corrected chi connectivity index (χ1v) is 9.76. The molecular weight excluding hydrogens is 356 g/mol. The predicted molar refractivity (Wildman–Crippen MR) is 114 cm³/mol. The summed E-state index contributed by atoms with van der Waals surface area (Å²) in [5.74, 6) is 0.843. The van der Waals surface area contributed by atoms with Gasteiger partial charge in [0.15, 0.2) is 5.17 Å². The number of amides is 1. The third-order valence-electron chi connectivity index (χ3n) is 4.50. The van der Waals surface area contributed by atoms with Crippen LogP contribution in [0.25, 0.3) is 6.08 Å². The number of benzene rings is 2. The van der Waals surface area contributed by atoms with Crippen LogP contribution in [0.15, 0.2) is 46.3 Å². The molecule has 140 valence electrons. The maximum absolute atomic E-state index is 12.8. The van der Waals surface area contributed by atoms with Crippen molar-refractivity contribution in [2.45, 2.75) is 27.7 Å². The Balaban J connectivity index is 1.96. The van der Waals surface area contributed by atoms with Gasteiger partial charge in [0.05, 0.1) is 17.7 Å². The van der Waals surface area contributed by atoms with Crippen LogP contribution >= 0.6 is 11.8 Å². The Hall–Kier alpha value is -2.53. The summed E-state index contributed by atoms with van der Waals surface area (Å²) >= 11 is 1.43. The summed E-state index contributed by atoms with van der Waals surface area (Å²) in [6.07, 6.45) is 1.92. The van der Waals surface area contributed by atoms with Gasteiger partial charge in [-0.3, -0.25) is 9.69 Å². The van der Waals surface area contributed by atoms with Crippen molar-refractivity contribution in [1.29, 1.82) is 0 Å². The van der Waals surface area contributed by atoms with Crippen LogP contribution in [0, 0.1) is 20.8 Å². The molecule has 2 aromatic carbocycles. The SMILES string of the molecule is CCN1C(=O)/C(=C\c2ccc(OC)c(C)c2)SC1=Nc1cc(C)ccc1C. The Labute approximate surface area is 164 Å². The maximum atomic E-state index is 12.8. The largest absolute Gasteiger partial charge is 0.496 e. The second-order valence-corrected chi connectivity index (χ2v) is 7.58. The van der Waals surface area contributed by atoms with Crippen molar-refractivity contribution in [2.75, 3.05) is 13.7 Å². The first kappa shape index (κ1) is 19.2. The van der Waals surface area contributed by atoms with Crippen molar-refractivity contribution in [3.63, 3.8) is 0 Å². The van der Waals surface area contributed by atoms with Crippen molar-refractivity contribution < 1.29 is 9.53 Å². The van der Waals surface area contributed by atoms with E-state index in [0.717, 1.165) is 38.9 Å². The first-order chi connectivity index (χ1) is 12.9. The zero-order chi connectivity index (χ0) is 19.6. The van der Waals surface area contributed by atoms with Gasteiger partial charge in [-0.15, -0.1) is 0 Å². The van der Waals surface area contributed by atoms with Crippen molar-refractivity contribution in [1.82, 2.24) is 4.90 Å². The number of nitrogens with zero attached hydrogens (tertiary/aromatic N) is 2. The summed E-state index contributed by atoms with van der Waals surface area (Å²) in [5, 5.41) is 0.729. The van der Waals surface area contributed by atoms with Crippen molar-refractivity contribution in [2.24, 2.45) is 4.99 Å². The van der Waals surface area contributed by atoms with Crippen LogP contribution in [0.2, 0.25) is 0 Å². The molecule has 0 unspecified atom stereocenters. The number of rotatable bonds is 4. The Bertz CT molecular complexity index is 947. The molecule has 1 saturated heterocycles. The zero-order valence-corrected chi connectivity index (χ0v) is 17.2. The van der Waals surface area contributed by atoms with Crippen LogP contribution in [-0.4, -0.2) is 29.6 Å². The third kappa shape index (κ3) is 4.08. The van der Waals surface area contributed by atoms with Gasteiger partial charge in [-0.05, 0) is 86.0 Å². The van der Waals surface area contributed by atoms with Crippen molar-refractivity contribution >= 4 is 34.6 Å². The number of likely N-dealkylation sites (N-methyl/N-ethyl adjacent to an activating group) is 1. The molecule has 0 aliphatic carbocycles. The number of aryl methyl sites for hydroxylation is 3. The van der Waals surface area contributed by atoms with E-state index in [1.54, 1.807) is 12.0 Å². The monoisotopic (exact) mass is 380 g/mol. The summed E-state index contributed by atoms with van der Waals surface area (Å²) in [7, 11) is 1.66. The molecule has 0 aromatic heterocycles. The topological polar surface area (TPSA) is 41.9 Å². The highest BCUT2D eigenvalue weighted by Gasteiger charge is 2.32. The Morgan fingerprint density at radius 2 is 1.89 bits per heavy atom. The predicted octanol–water partition coefficient (Wildman–Crippen LogP) is 5.24. The fourth-order valence-electron chi connectivity index (χ4n) is 2.96. The molecule has 2 aromatic rings. The molecule has 0 N–H and O–H groups in total. The Kier molecular flexibility index (Phi) is 5.71. The number of hydrogen-bond donors (Lipinski definition) is 0. The summed E-state index contributed by atoms with van der Waals surface area (Å²) in [4.78, 5) is 20.0. The average molecular weight is 381 g/mol. The molecule has 0 spiro atoms. The van der Waals surface area contributed by atoms with E-state index in [2.05, 4.69) is 18.2 Å². The highest BCUT2D eigenvalue weighted by Crippen LogP contribution is 2.35. The smallest absolute Gasteiger partial charge is 0.266 e. The maximum Gasteiger partial charge on any atom is 0.266 e. The van der Waals surface area contributed by atoms with Gasteiger partial charge in [-0.25, -0.2) is 4.99 Å². The number of thioether (sulfide) groups is 1. The number of carbonyl (C=O) groups is 1. The van der Waals surface area contributed by atoms with Crippen LogP contribution < -0.4 is 4.74 Å². The lowest BCUT2D eigenvalue weighted by Crippen LogP contribution is -2.28. The van der Waals surface area contributed by atoms with Gasteiger partial charge < -0.3 is 4.74 Å². The minimum Gasteiger partial charge on any atom is -0.496 e. The summed E-state index contributed by atoms with van der Waals surface area (Å²) in [5.41, 5.74) is 5.18. The summed E-state index contributed by atoms with van der Waals surface area (Å²) in [6, 6.07) is 12.1. The average Bonchev–Trinajstić information content (AvgIpc) is 2.93. The van der Waals surface area contributed by atoms with Crippen molar-refractivity contribution in [3.05, 3.63) is 63.6 Å². The fraction of sp³-hybridized carbons (Fsp3) is 0.273. The Morgan fingerprint density at radius 3 is 2.56 bits per heavy atom. The molecule has 3 rings (SSSR count).